The molecular weight excluding hydrogens is 703 g/mol. The van der Waals surface area contributed by atoms with Crippen LogP contribution < -0.4 is 14.4 Å². The maximum atomic E-state index is 14.5. The van der Waals surface area contributed by atoms with Crippen molar-refractivity contribution in [2.45, 2.75) is 109 Å². The molecule has 280 valence electrons. The number of carbonyl (C=O) groups is 2. The zero-order valence-corrected chi connectivity index (χ0v) is 30.8. The number of pyridine rings is 1. The monoisotopic (exact) mass is 745 g/mol. The van der Waals surface area contributed by atoms with E-state index in [1.807, 2.05) is 38.7 Å². The molecule has 4 heterocycles. The maximum absolute atomic E-state index is 14.5. The number of anilines is 1. The molecule has 12 nitrogen and oxygen atoms in total. The third-order valence-electron chi connectivity index (χ3n) is 9.41. The molecule has 3 aliphatic rings. The van der Waals surface area contributed by atoms with E-state index in [1.54, 1.807) is 24.9 Å². The minimum atomic E-state index is -2.85. The minimum absolute atomic E-state index is 0.0296. The van der Waals surface area contributed by atoms with Crippen LogP contribution in [0.3, 0.4) is 0 Å². The number of fused-ring (bicyclic) bond motifs is 1. The number of aromatic nitrogens is 4. The average Bonchev–Trinajstić information content (AvgIpc) is 3.05. The number of ether oxygens (including phenoxy) is 3. The van der Waals surface area contributed by atoms with Gasteiger partial charge in [-0.15, -0.1) is 10.2 Å². The summed E-state index contributed by atoms with van der Waals surface area (Å²) < 4.78 is 60.4. The van der Waals surface area contributed by atoms with Crippen molar-refractivity contribution in [3.63, 3.8) is 0 Å². The van der Waals surface area contributed by atoms with E-state index in [-0.39, 0.29) is 46.5 Å². The van der Waals surface area contributed by atoms with Gasteiger partial charge in [0, 0.05) is 75.6 Å². The molecular formula is C36H43ClF3N7O5. The Morgan fingerprint density at radius 1 is 1.06 bits per heavy atom. The zero-order valence-electron chi connectivity index (χ0n) is 30.0. The first-order valence-electron chi connectivity index (χ1n) is 17.5. The first kappa shape index (κ1) is 37.4. The van der Waals surface area contributed by atoms with Crippen LogP contribution in [0.25, 0.3) is 0 Å². The molecule has 2 amide bonds. The average molecular weight is 746 g/mol. The van der Waals surface area contributed by atoms with Crippen LogP contribution in [0.2, 0.25) is 5.28 Å². The Bertz CT molecular complexity index is 1810. The summed E-state index contributed by atoms with van der Waals surface area (Å²) in [5.74, 6) is -3.34. The van der Waals surface area contributed by atoms with Gasteiger partial charge in [0.2, 0.25) is 5.28 Å². The van der Waals surface area contributed by atoms with Crippen molar-refractivity contribution in [1.29, 1.82) is 0 Å². The van der Waals surface area contributed by atoms with Gasteiger partial charge in [-0.1, -0.05) is 0 Å². The molecule has 0 spiro atoms. The summed E-state index contributed by atoms with van der Waals surface area (Å²) in [5, 5.41) is 7.83. The number of piperidine rings is 1. The van der Waals surface area contributed by atoms with Crippen molar-refractivity contribution in [1.82, 2.24) is 30.0 Å². The molecule has 0 bridgehead atoms. The van der Waals surface area contributed by atoms with Crippen molar-refractivity contribution >= 4 is 29.4 Å². The van der Waals surface area contributed by atoms with E-state index < -0.39 is 48.2 Å². The highest BCUT2D eigenvalue weighted by Gasteiger charge is 2.50. The molecule has 3 aromatic rings. The van der Waals surface area contributed by atoms with Crippen LogP contribution in [-0.2, 0) is 11.2 Å². The van der Waals surface area contributed by atoms with Crippen molar-refractivity contribution in [3.05, 3.63) is 58.4 Å². The minimum Gasteiger partial charge on any atom is -0.490 e. The van der Waals surface area contributed by atoms with Gasteiger partial charge in [-0.2, -0.15) is 4.98 Å². The Morgan fingerprint density at radius 3 is 2.42 bits per heavy atom. The molecule has 2 aromatic heterocycles. The number of alkyl halides is 2. The first-order valence-corrected chi connectivity index (χ1v) is 17.8. The number of benzene rings is 1. The summed E-state index contributed by atoms with van der Waals surface area (Å²) >= 11 is 6.18. The molecule has 1 aliphatic carbocycles. The van der Waals surface area contributed by atoms with Gasteiger partial charge in [0.15, 0.2) is 5.82 Å². The van der Waals surface area contributed by atoms with E-state index in [1.165, 1.54) is 11.0 Å². The van der Waals surface area contributed by atoms with E-state index in [0.29, 0.717) is 44.6 Å². The second-order valence-electron chi connectivity index (χ2n) is 14.7. The number of amides is 2. The lowest BCUT2D eigenvalue weighted by atomic mass is 9.85. The Morgan fingerprint density at radius 2 is 1.77 bits per heavy atom. The van der Waals surface area contributed by atoms with Crippen LogP contribution in [0.1, 0.15) is 94.9 Å². The normalized spacial score (nSPS) is 19.2. The Kier molecular flexibility index (Phi) is 10.5. The molecule has 2 aliphatic heterocycles. The third-order valence-corrected chi connectivity index (χ3v) is 9.57. The number of hydrogen-bond donors (Lipinski definition) is 0. The molecule has 52 heavy (non-hydrogen) atoms. The van der Waals surface area contributed by atoms with Gasteiger partial charge in [0.1, 0.15) is 29.0 Å². The molecule has 0 N–H and O–H groups in total. The molecule has 1 saturated carbocycles. The Balaban J connectivity index is 1.17. The quantitative estimate of drug-likeness (QED) is 0.231. The summed E-state index contributed by atoms with van der Waals surface area (Å²) in [6.45, 7) is 12.3. The SMILES string of the molecule is CC1c2c(OC3CCN(c4nc(Cl)nnc4Oc4ccc(F)cc4C(=O)N(C(C)C)C4CC(F)(F)C4)CC3)ccnc2CCN1C(=O)OC(C)(C)C. The lowest BCUT2D eigenvalue weighted by Gasteiger charge is -2.44. The molecule has 6 rings (SSSR count). The van der Waals surface area contributed by atoms with Gasteiger partial charge >= 0.3 is 6.09 Å². The smallest absolute Gasteiger partial charge is 0.410 e. The molecule has 1 atom stereocenters. The van der Waals surface area contributed by atoms with Gasteiger partial charge in [-0.3, -0.25) is 9.78 Å². The summed E-state index contributed by atoms with van der Waals surface area (Å²) in [6.07, 6.45) is 1.96. The highest BCUT2D eigenvalue weighted by Crippen LogP contribution is 2.43. The fraction of sp³-hybridized carbons (Fsp3) is 0.556. The van der Waals surface area contributed by atoms with Gasteiger partial charge in [0.05, 0.1) is 17.3 Å². The number of halogens is 4. The largest absolute Gasteiger partial charge is 0.490 e. The predicted molar refractivity (Wildman–Crippen MR) is 186 cm³/mol. The standard InChI is InChI=1S/C36H43ClF3N7O5/c1-20(2)47(23-18-36(39,40)19-23)32(48)25-17-22(38)7-8-27(25)51-31-30(42-33(37)44-43-31)45-14-10-24(11-15-45)50-28-9-13-41-26-12-16-46(21(3)29(26)28)34(49)52-35(4,5)6/h7-9,13,17,20-21,23-24H,10-12,14-16,18-19H2,1-6H3. The van der Waals surface area contributed by atoms with Crippen LogP contribution in [0.5, 0.6) is 17.4 Å². The van der Waals surface area contributed by atoms with E-state index in [0.717, 1.165) is 23.4 Å². The van der Waals surface area contributed by atoms with Gasteiger partial charge in [0.25, 0.3) is 17.7 Å². The van der Waals surface area contributed by atoms with Gasteiger partial charge in [-0.25, -0.2) is 18.0 Å². The molecule has 1 aromatic carbocycles. The predicted octanol–water partition coefficient (Wildman–Crippen LogP) is 7.40. The number of rotatable bonds is 8. The van der Waals surface area contributed by atoms with E-state index in [9.17, 15) is 22.8 Å². The Labute approximate surface area is 305 Å². The van der Waals surface area contributed by atoms with Crippen LogP contribution in [0.4, 0.5) is 23.8 Å². The third kappa shape index (κ3) is 8.13. The van der Waals surface area contributed by atoms with Crippen LogP contribution in [0, 0.1) is 5.82 Å². The van der Waals surface area contributed by atoms with Crippen LogP contribution >= 0.6 is 11.6 Å². The van der Waals surface area contributed by atoms with Crippen molar-refractivity contribution in [3.8, 4) is 17.4 Å². The summed E-state index contributed by atoms with van der Waals surface area (Å²) in [6, 6.07) is 3.84. The second-order valence-corrected chi connectivity index (χ2v) is 15.1. The molecule has 1 saturated heterocycles. The molecule has 2 fully saturated rings. The van der Waals surface area contributed by atoms with Crippen molar-refractivity contribution < 1.29 is 37.0 Å². The summed E-state index contributed by atoms with van der Waals surface area (Å²) in [7, 11) is 0. The summed E-state index contributed by atoms with van der Waals surface area (Å²) in [4.78, 5) is 40.6. The van der Waals surface area contributed by atoms with Crippen molar-refractivity contribution in [2.75, 3.05) is 24.5 Å². The van der Waals surface area contributed by atoms with Crippen molar-refractivity contribution in [2.24, 2.45) is 0 Å². The highest BCUT2D eigenvalue weighted by atomic mass is 35.5. The number of carbonyl (C=O) groups excluding carboxylic acids is 2. The fourth-order valence-electron chi connectivity index (χ4n) is 6.97. The molecule has 0 radical (unpaired) electrons. The second kappa shape index (κ2) is 14.6. The van der Waals surface area contributed by atoms with Gasteiger partial charge < -0.3 is 28.9 Å². The maximum Gasteiger partial charge on any atom is 0.410 e. The van der Waals surface area contributed by atoms with Crippen LogP contribution in [0.15, 0.2) is 30.5 Å². The molecule has 16 heteroatoms. The van der Waals surface area contributed by atoms with E-state index in [4.69, 9.17) is 25.8 Å². The van der Waals surface area contributed by atoms with E-state index in [2.05, 4.69) is 20.2 Å². The highest BCUT2D eigenvalue weighted by molar-refractivity contribution is 6.28. The van der Waals surface area contributed by atoms with Gasteiger partial charge in [-0.05, 0) is 77.4 Å². The van der Waals surface area contributed by atoms with Crippen LogP contribution in [-0.4, -0.2) is 91.3 Å². The summed E-state index contributed by atoms with van der Waals surface area (Å²) in [5.41, 5.74) is 0.973. The number of hydrogen-bond acceptors (Lipinski definition) is 10. The number of nitrogens with zero attached hydrogens (tertiary/aromatic N) is 7. The topological polar surface area (TPSA) is 123 Å². The first-order chi connectivity index (χ1) is 24.5. The lowest BCUT2D eigenvalue weighted by Crippen LogP contribution is -2.55. The zero-order chi connectivity index (χ0) is 37.5. The molecule has 1 unspecified atom stereocenters. The lowest BCUT2D eigenvalue weighted by molar-refractivity contribution is -0.120. The fourth-order valence-corrected chi connectivity index (χ4v) is 7.09. The Hall–Kier alpha value is -4.40. The van der Waals surface area contributed by atoms with E-state index >= 15 is 0 Å².